The molecule has 114 valence electrons. The molecule has 2 aromatic heterocycles. The van der Waals surface area contributed by atoms with Crippen LogP contribution < -0.4 is 9.50 Å². The molecule has 0 radical (unpaired) electrons. The van der Waals surface area contributed by atoms with Crippen molar-refractivity contribution in [2.75, 3.05) is 11.6 Å². The SMILES string of the molecule is CS(=O)(=O)Oc1nc(NCc2ccccc2)nc2nc[nH]c12. The number of rotatable bonds is 5. The van der Waals surface area contributed by atoms with Crippen molar-refractivity contribution in [1.29, 1.82) is 0 Å². The molecule has 0 unspecified atom stereocenters. The van der Waals surface area contributed by atoms with Gasteiger partial charge in [0.05, 0.1) is 12.6 Å². The Balaban J connectivity index is 1.90. The lowest BCUT2D eigenvalue weighted by Gasteiger charge is -2.07. The third kappa shape index (κ3) is 3.31. The first-order valence-corrected chi connectivity index (χ1v) is 8.21. The fraction of sp³-hybridized carbons (Fsp3) is 0.154. The Bertz CT molecular complexity index is 892. The van der Waals surface area contributed by atoms with Crippen LogP contribution in [0.2, 0.25) is 0 Å². The maximum absolute atomic E-state index is 11.3. The number of imidazole rings is 1. The van der Waals surface area contributed by atoms with Crippen LogP contribution in [0.15, 0.2) is 36.7 Å². The highest BCUT2D eigenvalue weighted by atomic mass is 32.2. The normalized spacial score (nSPS) is 11.5. The van der Waals surface area contributed by atoms with E-state index in [4.69, 9.17) is 4.18 Å². The highest BCUT2D eigenvalue weighted by molar-refractivity contribution is 7.86. The van der Waals surface area contributed by atoms with E-state index >= 15 is 0 Å². The summed E-state index contributed by atoms with van der Waals surface area (Å²) in [6.45, 7) is 0.495. The van der Waals surface area contributed by atoms with Crippen LogP contribution in [0.1, 0.15) is 5.56 Å². The number of nitrogens with zero attached hydrogens (tertiary/aromatic N) is 3. The van der Waals surface area contributed by atoms with E-state index in [1.54, 1.807) is 0 Å². The number of nitrogens with one attached hydrogen (secondary N) is 2. The summed E-state index contributed by atoms with van der Waals surface area (Å²) in [6.07, 6.45) is 2.35. The minimum atomic E-state index is -3.70. The molecule has 0 saturated heterocycles. The van der Waals surface area contributed by atoms with Gasteiger partial charge in [-0.2, -0.15) is 18.4 Å². The molecule has 0 bridgehead atoms. The molecule has 2 heterocycles. The van der Waals surface area contributed by atoms with Crippen molar-refractivity contribution in [2.24, 2.45) is 0 Å². The number of aromatic nitrogens is 4. The maximum Gasteiger partial charge on any atom is 0.307 e. The van der Waals surface area contributed by atoms with Gasteiger partial charge in [0, 0.05) is 6.54 Å². The van der Waals surface area contributed by atoms with Crippen molar-refractivity contribution in [3.05, 3.63) is 42.2 Å². The van der Waals surface area contributed by atoms with Crippen LogP contribution in [-0.2, 0) is 16.7 Å². The van der Waals surface area contributed by atoms with Gasteiger partial charge < -0.3 is 14.5 Å². The Labute approximate surface area is 126 Å². The molecule has 1 aromatic carbocycles. The standard InChI is InChI=1S/C13H13N5O3S/c1-22(19,20)21-12-10-11(16-8-15-10)17-13(18-12)14-7-9-5-3-2-4-6-9/h2-6,8H,7H2,1H3,(H2,14,15,16,17,18). The summed E-state index contributed by atoms with van der Waals surface area (Å²) >= 11 is 0. The summed E-state index contributed by atoms with van der Waals surface area (Å²) in [5.41, 5.74) is 1.69. The average Bonchev–Trinajstić information content (AvgIpc) is 2.93. The van der Waals surface area contributed by atoms with Gasteiger partial charge in [0.25, 0.3) is 5.88 Å². The van der Waals surface area contributed by atoms with E-state index in [0.29, 0.717) is 17.7 Å². The van der Waals surface area contributed by atoms with Crippen molar-refractivity contribution in [2.45, 2.75) is 6.54 Å². The predicted molar refractivity (Wildman–Crippen MR) is 80.9 cm³/mol. The van der Waals surface area contributed by atoms with E-state index in [-0.39, 0.29) is 11.8 Å². The third-order valence-corrected chi connectivity index (χ3v) is 3.24. The van der Waals surface area contributed by atoms with Gasteiger partial charge in [-0.25, -0.2) is 4.98 Å². The molecule has 3 rings (SSSR count). The highest BCUT2D eigenvalue weighted by Crippen LogP contribution is 2.22. The molecule has 8 nitrogen and oxygen atoms in total. The number of anilines is 1. The molecule has 2 N–H and O–H groups in total. The van der Waals surface area contributed by atoms with Crippen LogP contribution >= 0.6 is 0 Å². The molecule has 0 spiro atoms. The van der Waals surface area contributed by atoms with Gasteiger partial charge in [0.1, 0.15) is 5.52 Å². The minimum absolute atomic E-state index is 0.0828. The molecule has 0 aliphatic heterocycles. The summed E-state index contributed by atoms with van der Waals surface area (Å²) in [5, 5.41) is 3.02. The minimum Gasteiger partial charge on any atom is -0.359 e. The summed E-state index contributed by atoms with van der Waals surface area (Å²) < 4.78 is 27.5. The molecule has 0 aliphatic carbocycles. The van der Waals surface area contributed by atoms with E-state index < -0.39 is 10.1 Å². The van der Waals surface area contributed by atoms with E-state index in [2.05, 4.69) is 25.3 Å². The van der Waals surface area contributed by atoms with Crippen LogP contribution in [0.3, 0.4) is 0 Å². The van der Waals surface area contributed by atoms with Gasteiger partial charge in [-0.1, -0.05) is 30.3 Å². The summed E-state index contributed by atoms with van der Waals surface area (Å²) in [4.78, 5) is 15.0. The number of hydrogen-bond donors (Lipinski definition) is 2. The van der Waals surface area contributed by atoms with E-state index in [1.165, 1.54) is 6.33 Å². The van der Waals surface area contributed by atoms with Gasteiger partial charge in [-0.05, 0) is 5.56 Å². The van der Waals surface area contributed by atoms with Crippen LogP contribution in [0, 0.1) is 0 Å². The fourth-order valence-electron chi connectivity index (χ4n) is 1.87. The molecule has 0 amide bonds. The van der Waals surface area contributed by atoms with Crippen molar-refractivity contribution >= 4 is 27.2 Å². The number of aromatic amines is 1. The Morgan fingerprint density at radius 1 is 1.23 bits per heavy atom. The molecule has 0 atom stereocenters. The van der Waals surface area contributed by atoms with Crippen molar-refractivity contribution in [1.82, 2.24) is 19.9 Å². The fourth-order valence-corrected chi connectivity index (χ4v) is 2.27. The van der Waals surface area contributed by atoms with Crippen molar-refractivity contribution in [3.8, 4) is 5.88 Å². The lowest BCUT2D eigenvalue weighted by molar-refractivity contribution is 0.485. The van der Waals surface area contributed by atoms with E-state index in [1.807, 2.05) is 30.3 Å². The topological polar surface area (TPSA) is 110 Å². The van der Waals surface area contributed by atoms with Crippen LogP contribution in [0.5, 0.6) is 5.88 Å². The van der Waals surface area contributed by atoms with Gasteiger partial charge in [-0.3, -0.25) is 0 Å². The summed E-state index contributed by atoms with van der Waals surface area (Å²) in [6, 6.07) is 9.68. The Hall–Kier alpha value is -2.68. The average molecular weight is 319 g/mol. The lowest BCUT2D eigenvalue weighted by atomic mass is 10.2. The van der Waals surface area contributed by atoms with Crippen LogP contribution in [0.4, 0.5) is 5.95 Å². The highest BCUT2D eigenvalue weighted by Gasteiger charge is 2.15. The van der Waals surface area contributed by atoms with Crippen LogP contribution in [0.25, 0.3) is 11.2 Å². The smallest absolute Gasteiger partial charge is 0.307 e. The second-order valence-electron chi connectivity index (χ2n) is 4.58. The Kier molecular flexibility index (Phi) is 3.63. The molecule has 0 fully saturated rings. The molecule has 22 heavy (non-hydrogen) atoms. The van der Waals surface area contributed by atoms with Gasteiger partial charge in [-0.15, -0.1) is 0 Å². The second-order valence-corrected chi connectivity index (χ2v) is 6.16. The molecule has 9 heteroatoms. The third-order valence-electron chi connectivity index (χ3n) is 2.78. The number of fused-ring (bicyclic) bond motifs is 1. The zero-order valence-electron chi connectivity index (χ0n) is 11.6. The zero-order chi connectivity index (χ0) is 15.6. The van der Waals surface area contributed by atoms with Gasteiger partial charge >= 0.3 is 10.1 Å². The quantitative estimate of drug-likeness (QED) is 0.682. The monoisotopic (exact) mass is 319 g/mol. The first-order valence-electron chi connectivity index (χ1n) is 6.40. The molecule has 0 saturated carbocycles. The molecule has 3 aromatic rings. The first-order chi connectivity index (χ1) is 10.5. The Morgan fingerprint density at radius 3 is 2.73 bits per heavy atom. The Morgan fingerprint density at radius 2 is 2.00 bits per heavy atom. The summed E-state index contributed by atoms with van der Waals surface area (Å²) in [5.74, 6) is 0.155. The molecular weight excluding hydrogens is 306 g/mol. The lowest BCUT2D eigenvalue weighted by Crippen LogP contribution is -2.10. The summed E-state index contributed by atoms with van der Waals surface area (Å²) in [7, 11) is -3.70. The first kappa shape index (κ1) is 14.3. The number of H-pyrrole nitrogens is 1. The number of hydrogen-bond acceptors (Lipinski definition) is 7. The van der Waals surface area contributed by atoms with Gasteiger partial charge in [0.2, 0.25) is 5.95 Å². The maximum atomic E-state index is 11.3. The van der Waals surface area contributed by atoms with Gasteiger partial charge in [0.15, 0.2) is 5.65 Å². The van der Waals surface area contributed by atoms with Crippen molar-refractivity contribution in [3.63, 3.8) is 0 Å². The van der Waals surface area contributed by atoms with E-state index in [0.717, 1.165) is 11.8 Å². The zero-order valence-corrected chi connectivity index (χ0v) is 12.5. The largest absolute Gasteiger partial charge is 0.359 e. The molecular formula is C13H13N5O3S. The molecule has 0 aliphatic rings. The van der Waals surface area contributed by atoms with Crippen molar-refractivity contribution < 1.29 is 12.6 Å². The number of benzene rings is 1. The van der Waals surface area contributed by atoms with E-state index in [9.17, 15) is 8.42 Å². The van der Waals surface area contributed by atoms with Crippen LogP contribution in [-0.4, -0.2) is 34.6 Å². The second kappa shape index (κ2) is 5.60. The predicted octanol–water partition coefficient (Wildman–Crippen LogP) is 1.30.